The number of rotatable bonds is 7. The predicted octanol–water partition coefficient (Wildman–Crippen LogP) is 0.801. The van der Waals surface area contributed by atoms with Crippen molar-refractivity contribution in [2.75, 3.05) is 53.0 Å². The van der Waals surface area contributed by atoms with Gasteiger partial charge in [-0.25, -0.2) is 4.68 Å². The molecule has 2 aliphatic heterocycles. The minimum Gasteiger partial charge on any atom is -0.379 e. The first-order valence-electron chi connectivity index (χ1n) is 10.8. The summed E-state index contributed by atoms with van der Waals surface area (Å²) in [5.41, 5.74) is 1.26. The fourth-order valence-electron chi connectivity index (χ4n) is 4.14. The smallest absolute Gasteiger partial charge is 0.222 e. The van der Waals surface area contributed by atoms with Crippen molar-refractivity contribution in [3.8, 4) is 0 Å². The number of amides is 1. The topological polar surface area (TPSA) is 79.6 Å². The third-order valence-electron chi connectivity index (χ3n) is 6.02. The van der Waals surface area contributed by atoms with Crippen molar-refractivity contribution >= 4 is 5.91 Å². The van der Waals surface area contributed by atoms with Crippen molar-refractivity contribution in [3.05, 3.63) is 41.7 Å². The number of piperazine rings is 1. The van der Waals surface area contributed by atoms with Crippen molar-refractivity contribution < 1.29 is 9.53 Å². The zero-order valence-electron chi connectivity index (χ0n) is 17.7. The number of carbonyl (C=O) groups is 1. The molecule has 0 N–H and O–H groups in total. The van der Waals surface area contributed by atoms with Gasteiger partial charge in [0.05, 0.1) is 25.8 Å². The van der Waals surface area contributed by atoms with Crippen LogP contribution in [0, 0.1) is 0 Å². The van der Waals surface area contributed by atoms with E-state index in [-0.39, 0.29) is 11.9 Å². The molecule has 0 unspecified atom stereocenters. The summed E-state index contributed by atoms with van der Waals surface area (Å²) in [5.74, 6) is 1.07. The molecule has 1 aromatic heterocycles. The van der Waals surface area contributed by atoms with Crippen molar-refractivity contribution in [2.24, 2.45) is 0 Å². The maximum Gasteiger partial charge on any atom is 0.222 e. The van der Waals surface area contributed by atoms with E-state index in [1.807, 2.05) is 15.6 Å². The zero-order chi connectivity index (χ0) is 20.8. The Bertz CT molecular complexity index is 807. The lowest BCUT2D eigenvalue weighted by Gasteiger charge is -2.39. The van der Waals surface area contributed by atoms with E-state index in [9.17, 15) is 4.79 Å². The van der Waals surface area contributed by atoms with Crippen LogP contribution in [0.1, 0.15) is 30.3 Å². The summed E-state index contributed by atoms with van der Waals surface area (Å²) in [5, 5.41) is 12.1. The second kappa shape index (κ2) is 10.1. The van der Waals surface area contributed by atoms with Gasteiger partial charge in [-0.2, -0.15) is 0 Å². The van der Waals surface area contributed by atoms with Crippen LogP contribution in [0.3, 0.4) is 0 Å². The molecule has 2 aromatic rings. The zero-order valence-corrected chi connectivity index (χ0v) is 17.7. The maximum atomic E-state index is 12.8. The van der Waals surface area contributed by atoms with Gasteiger partial charge in [-0.15, -0.1) is 5.10 Å². The fraction of sp³-hybridized carbons (Fsp3) is 0.619. The Morgan fingerprint density at radius 3 is 2.73 bits per heavy atom. The molecule has 9 nitrogen and oxygen atoms in total. The largest absolute Gasteiger partial charge is 0.379 e. The molecule has 162 valence electrons. The van der Waals surface area contributed by atoms with Gasteiger partial charge in [0.2, 0.25) is 5.91 Å². The van der Waals surface area contributed by atoms with E-state index in [1.54, 1.807) is 0 Å². The van der Waals surface area contributed by atoms with E-state index in [4.69, 9.17) is 4.74 Å². The van der Waals surface area contributed by atoms with Crippen LogP contribution in [0.4, 0.5) is 0 Å². The van der Waals surface area contributed by atoms with Crippen LogP contribution in [-0.4, -0.2) is 93.8 Å². The lowest BCUT2D eigenvalue weighted by Crippen LogP contribution is -2.49. The van der Waals surface area contributed by atoms with Crippen LogP contribution >= 0.6 is 0 Å². The van der Waals surface area contributed by atoms with Crippen LogP contribution in [0.5, 0.6) is 0 Å². The number of aryl methyl sites for hydroxylation is 1. The molecule has 4 rings (SSSR count). The van der Waals surface area contributed by atoms with Gasteiger partial charge in [0, 0.05) is 45.7 Å². The molecule has 0 saturated carbocycles. The number of nitrogens with zero attached hydrogens (tertiary/aromatic N) is 7. The van der Waals surface area contributed by atoms with Crippen molar-refractivity contribution in [3.63, 3.8) is 0 Å². The second-order valence-electron chi connectivity index (χ2n) is 8.06. The van der Waals surface area contributed by atoms with Gasteiger partial charge in [0.15, 0.2) is 5.82 Å². The van der Waals surface area contributed by atoms with E-state index in [0.717, 1.165) is 64.7 Å². The highest BCUT2D eigenvalue weighted by Crippen LogP contribution is 2.24. The van der Waals surface area contributed by atoms with Crippen molar-refractivity contribution in [1.29, 1.82) is 0 Å². The Kier molecular flexibility index (Phi) is 7.03. The Balaban J connectivity index is 1.26. The molecule has 0 bridgehead atoms. The lowest BCUT2D eigenvalue weighted by molar-refractivity contribution is -0.134. The number of likely N-dealkylation sites (N-methyl/N-ethyl adjacent to an activating group) is 1. The van der Waals surface area contributed by atoms with Crippen LogP contribution in [0.25, 0.3) is 0 Å². The molecule has 2 fully saturated rings. The Labute approximate surface area is 177 Å². The average Bonchev–Trinajstić information content (AvgIpc) is 3.22. The Morgan fingerprint density at radius 1 is 1.13 bits per heavy atom. The third kappa shape index (κ3) is 5.21. The minimum atomic E-state index is 0.215. The molecule has 0 aliphatic carbocycles. The molecule has 0 spiro atoms. The van der Waals surface area contributed by atoms with Crippen molar-refractivity contribution in [2.45, 2.75) is 32.0 Å². The van der Waals surface area contributed by atoms with Crippen LogP contribution in [-0.2, 0) is 22.6 Å². The number of morpholine rings is 1. The van der Waals surface area contributed by atoms with Crippen molar-refractivity contribution in [1.82, 2.24) is 34.9 Å². The quantitative estimate of drug-likeness (QED) is 0.664. The number of tetrazole rings is 1. The van der Waals surface area contributed by atoms with E-state index < -0.39 is 0 Å². The number of ether oxygens (including phenoxy) is 1. The molecule has 1 atom stereocenters. The maximum absolute atomic E-state index is 12.8. The third-order valence-corrected chi connectivity index (χ3v) is 6.02. The summed E-state index contributed by atoms with van der Waals surface area (Å²) in [7, 11) is 2.13. The van der Waals surface area contributed by atoms with Gasteiger partial charge in [0.1, 0.15) is 0 Å². The summed E-state index contributed by atoms with van der Waals surface area (Å²) in [6.07, 6.45) is 1.25. The van der Waals surface area contributed by atoms with Crippen LogP contribution < -0.4 is 0 Å². The van der Waals surface area contributed by atoms with E-state index >= 15 is 0 Å². The molecule has 1 amide bonds. The Hall–Kier alpha value is -2.36. The standard InChI is InChI=1S/C21H31N7O2/c1-25-10-11-27(16-19(25)18-6-3-2-4-7-18)21(29)8-5-9-28-20(22-23-24-28)17-26-12-14-30-15-13-26/h2-4,6-7,19H,5,8-17H2,1H3/t19-/m0/s1. The van der Waals surface area contributed by atoms with Crippen LogP contribution in [0.15, 0.2) is 30.3 Å². The highest BCUT2D eigenvalue weighted by molar-refractivity contribution is 5.76. The number of aromatic nitrogens is 4. The molecule has 0 radical (unpaired) electrons. The molecule has 2 saturated heterocycles. The summed E-state index contributed by atoms with van der Waals surface area (Å²) >= 11 is 0. The second-order valence-corrected chi connectivity index (χ2v) is 8.06. The number of carbonyl (C=O) groups excluding carboxylic acids is 1. The average molecular weight is 414 g/mol. The van der Waals surface area contributed by atoms with Gasteiger partial charge < -0.3 is 9.64 Å². The van der Waals surface area contributed by atoms with Gasteiger partial charge in [-0.3, -0.25) is 14.6 Å². The SMILES string of the molecule is CN1CCN(C(=O)CCCn2nnnc2CN2CCOCC2)C[C@H]1c1ccccc1. The van der Waals surface area contributed by atoms with E-state index in [2.05, 4.69) is 56.6 Å². The molecule has 30 heavy (non-hydrogen) atoms. The predicted molar refractivity (Wildman–Crippen MR) is 112 cm³/mol. The summed E-state index contributed by atoms with van der Waals surface area (Å²) in [4.78, 5) is 19.5. The fourth-order valence-corrected chi connectivity index (χ4v) is 4.14. The number of hydrogen-bond donors (Lipinski definition) is 0. The number of hydrogen-bond acceptors (Lipinski definition) is 7. The van der Waals surface area contributed by atoms with Gasteiger partial charge >= 0.3 is 0 Å². The first kappa shape index (κ1) is 20.9. The molecule has 1 aromatic carbocycles. The van der Waals surface area contributed by atoms with Gasteiger partial charge in [-0.1, -0.05) is 30.3 Å². The highest BCUT2D eigenvalue weighted by atomic mass is 16.5. The minimum absolute atomic E-state index is 0.215. The molecule has 9 heteroatoms. The lowest BCUT2D eigenvalue weighted by atomic mass is 10.0. The molecular weight excluding hydrogens is 382 g/mol. The van der Waals surface area contributed by atoms with E-state index in [1.165, 1.54) is 5.56 Å². The van der Waals surface area contributed by atoms with E-state index in [0.29, 0.717) is 13.0 Å². The normalized spacial score (nSPS) is 21.1. The molecule has 3 heterocycles. The Morgan fingerprint density at radius 2 is 1.93 bits per heavy atom. The summed E-state index contributed by atoms with van der Waals surface area (Å²) in [6.45, 7) is 7.11. The highest BCUT2D eigenvalue weighted by Gasteiger charge is 2.28. The molecular formula is C21H31N7O2. The number of benzene rings is 1. The summed E-state index contributed by atoms with van der Waals surface area (Å²) < 4.78 is 7.23. The van der Waals surface area contributed by atoms with Gasteiger partial charge in [0.25, 0.3) is 0 Å². The van der Waals surface area contributed by atoms with Gasteiger partial charge in [-0.05, 0) is 29.5 Å². The summed E-state index contributed by atoms with van der Waals surface area (Å²) in [6, 6.07) is 10.7. The first-order chi connectivity index (χ1) is 14.7. The first-order valence-corrected chi connectivity index (χ1v) is 10.8. The van der Waals surface area contributed by atoms with Crippen LogP contribution in [0.2, 0.25) is 0 Å². The molecule has 2 aliphatic rings. The monoisotopic (exact) mass is 413 g/mol.